The molecule has 0 saturated heterocycles. The van der Waals surface area contributed by atoms with Gasteiger partial charge in [0.1, 0.15) is 0 Å². The molecule has 0 aromatic carbocycles. The molecular weight excluding hydrogens is 268 g/mol. The van der Waals surface area contributed by atoms with Crippen LogP contribution in [0.2, 0.25) is 0 Å². The Labute approximate surface area is 123 Å². The SMILES string of the molecule is CCCc1ccc(C(=O)/C=C/c2c(C)nn(C)c2C)s1. The summed E-state index contributed by atoms with van der Waals surface area (Å²) in [6, 6.07) is 3.97. The van der Waals surface area contributed by atoms with Crippen molar-refractivity contribution in [3.05, 3.63) is 44.9 Å². The summed E-state index contributed by atoms with van der Waals surface area (Å²) < 4.78 is 1.84. The number of carbonyl (C=O) groups is 1. The standard InChI is InChI=1S/C16H20N2OS/c1-5-6-13-7-10-16(20-13)15(19)9-8-14-11(2)17-18(4)12(14)3/h7-10H,5-6H2,1-4H3/b9-8+. The number of allylic oxidation sites excluding steroid dienone is 1. The molecule has 3 nitrogen and oxygen atoms in total. The fourth-order valence-electron chi connectivity index (χ4n) is 2.16. The van der Waals surface area contributed by atoms with E-state index in [0.29, 0.717) is 0 Å². The van der Waals surface area contributed by atoms with Gasteiger partial charge in [0, 0.05) is 23.2 Å². The molecule has 2 rings (SSSR count). The van der Waals surface area contributed by atoms with Crippen LogP contribution in [0.1, 0.15) is 44.8 Å². The van der Waals surface area contributed by atoms with Crippen molar-refractivity contribution in [3.8, 4) is 0 Å². The number of thiophene rings is 1. The van der Waals surface area contributed by atoms with Gasteiger partial charge in [0.15, 0.2) is 5.78 Å². The van der Waals surface area contributed by atoms with Gasteiger partial charge in [-0.3, -0.25) is 9.48 Å². The second kappa shape index (κ2) is 6.18. The molecule has 0 aliphatic rings. The summed E-state index contributed by atoms with van der Waals surface area (Å²) in [6.45, 7) is 6.12. The molecule has 20 heavy (non-hydrogen) atoms. The third-order valence-corrected chi connectivity index (χ3v) is 4.53. The molecule has 106 valence electrons. The topological polar surface area (TPSA) is 34.9 Å². The number of rotatable bonds is 5. The molecule has 0 spiro atoms. The van der Waals surface area contributed by atoms with Gasteiger partial charge in [0.25, 0.3) is 0 Å². The van der Waals surface area contributed by atoms with E-state index in [0.717, 1.165) is 34.7 Å². The van der Waals surface area contributed by atoms with Crippen molar-refractivity contribution >= 4 is 23.2 Å². The molecule has 0 N–H and O–H groups in total. The van der Waals surface area contributed by atoms with Crippen LogP contribution in [-0.4, -0.2) is 15.6 Å². The zero-order valence-corrected chi connectivity index (χ0v) is 13.3. The Bertz CT molecular complexity index is 649. The van der Waals surface area contributed by atoms with Gasteiger partial charge < -0.3 is 0 Å². The fraction of sp³-hybridized carbons (Fsp3) is 0.375. The number of aryl methyl sites for hydroxylation is 3. The number of ketones is 1. The Hall–Kier alpha value is -1.68. The van der Waals surface area contributed by atoms with Crippen LogP contribution >= 0.6 is 11.3 Å². The maximum absolute atomic E-state index is 12.2. The second-order valence-corrected chi connectivity index (χ2v) is 6.09. The summed E-state index contributed by atoms with van der Waals surface area (Å²) in [5.41, 5.74) is 3.06. The summed E-state index contributed by atoms with van der Waals surface area (Å²) in [6.07, 6.45) is 5.68. The zero-order chi connectivity index (χ0) is 14.7. The highest BCUT2D eigenvalue weighted by Gasteiger charge is 2.09. The van der Waals surface area contributed by atoms with Crippen LogP contribution in [0.15, 0.2) is 18.2 Å². The van der Waals surface area contributed by atoms with Crippen LogP contribution in [0, 0.1) is 13.8 Å². The molecule has 0 saturated carbocycles. The minimum absolute atomic E-state index is 0.0695. The van der Waals surface area contributed by atoms with Crippen molar-refractivity contribution in [1.29, 1.82) is 0 Å². The molecule has 0 unspecified atom stereocenters. The van der Waals surface area contributed by atoms with Gasteiger partial charge in [-0.1, -0.05) is 13.3 Å². The molecule has 2 aromatic heterocycles. The van der Waals surface area contributed by atoms with Crippen LogP contribution in [0.4, 0.5) is 0 Å². The first kappa shape index (κ1) is 14.7. The van der Waals surface area contributed by atoms with Crippen molar-refractivity contribution in [2.75, 3.05) is 0 Å². The van der Waals surface area contributed by atoms with Crippen molar-refractivity contribution in [3.63, 3.8) is 0 Å². The second-order valence-electron chi connectivity index (χ2n) is 4.92. The molecule has 0 aliphatic heterocycles. The maximum Gasteiger partial charge on any atom is 0.195 e. The highest BCUT2D eigenvalue weighted by Crippen LogP contribution is 2.20. The van der Waals surface area contributed by atoms with Gasteiger partial charge >= 0.3 is 0 Å². The lowest BCUT2D eigenvalue weighted by Crippen LogP contribution is -1.93. The van der Waals surface area contributed by atoms with Crippen LogP contribution in [0.3, 0.4) is 0 Å². The third kappa shape index (κ3) is 3.07. The molecule has 0 atom stereocenters. The molecule has 0 fully saturated rings. The number of hydrogen-bond acceptors (Lipinski definition) is 3. The minimum Gasteiger partial charge on any atom is -0.288 e. The average Bonchev–Trinajstić information content (AvgIpc) is 2.95. The number of hydrogen-bond donors (Lipinski definition) is 0. The zero-order valence-electron chi connectivity index (χ0n) is 12.4. The summed E-state index contributed by atoms with van der Waals surface area (Å²) >= 11 is 1.59. The molecular formula is C16H20N2OS. The molecule has 0 bridgehead atoms. The average molecular weight is 288 g/mol. The third-order valence-electron chi connectivity index (χ3n) is 3.37. The van der Waals surface area contributed by atoms with Crippen LogP contribution in [0.25, 0.3) is 6.08 Å². The van der Waals surface area contributed by atoms with Gasteiger partial charge in [0.2, 0.25) is 0 Å². The lowest BCUT2D eigenvalue weighted by atomic mass is 10.1. The first-order valence-electron chi connectivity index (χ1n) is 6.84. The van der Waals surface area contributed by atoms with Crippen molar-refractivity contribution in [2.45, 2.75) is 33.6 Å². The van der Waals surface area contributed by atoms with Gasteiger partial charge in [-0.15, -0.1) is 11.3 Å². The summed E-state index contributed by atoms with van der Waals surface area (Å²) in [5.74, 6) is 0.0695. The molecule has 0 aliphatic carbocycles. The van der Waals surface area contributed by atoms with Crippen LogP contribution < -0.4 is 0 Å². The van der Waals surface area contributed by atoms with E-state index in [4.69, 9.17) is 0 Å². The number of nitrogens with zero attached hydrogens (tertiary/aromatic N) is 2. The van der Waals surface area contributed by atoms with Gasteiger partial charge in [-0.2, -0.15) is 5.10 Å². The summed E-state index contributed by atoms with van der Waals surface area (Å²) in [5, 5.41) is 4.35. The number of aromatic nitrogens is 2. The number of carbonyl (C=O) groups excluding carboxylic acids is 1. The van der Waals surface area contributed by atoms with Crippen LogP contribution in [-0.2, 0) is 13.5 Å². The monoisotopic (exact) mass is 288 g/mol. The smallest absolute Gasteiger partial charge is 0.195 e. The first-order valence-corrected chi connectivity index (χ1v) is 7.66. The lowest BCUT2D eigenvalue weighted by molar-refractivity contribution is 0.105. The highest BCUT2D eigenvalue weighted by molar-refractivity contribution is 7.14. The van der Waals surface area contributed by atoms with Gasteiger partial charge in [-0.05, 0) is 44.6 Å². The Morgan fingerprint density at radius 1 is 1.40 bits per heavy atom. The Morgan fingerprint density at radius 2 is 2.15 bits per heavy atom. The van der Waals surface area contributed by atoms with E-state index in [1.807, 2.05) is 37.7 Å². The normalized spacial score (nSPS) is 11.4. The molecule has 2 aromatic rings. The van der Waals surface area contributed by atoms with Crippen molar-refractivity contribution < 1.29 is 4.79 Å². The van der Waals surface area contributed by atoms with E-state index < -0.39 is 0 Å². The molecule has 2 heterocycles. The quantitative estimate of drug-likeness (QED) is 0.617. The Kier molecular flexibility index (Phi) is 4.55. The van der Waals surface area contributed by atoms with Crippen LogP contribution in [0.5, 0.6) is 0 Å². The highest BCUT2D eigenvalue weighted by atomic mass is 32.1. The van der Waals surface area contributed by atoms with E-state index in [9.17, 15) is 4.79 Å². The lowest BCUT2D eigenvalue weighted by Gasteiger charge is -1.94. The van der Waals surface area contributed by atoms with E-state index in [-0.39, 0.29) is 5.78 Å². The molecule has 0 radical (unpaired) electrons. The Balaban J connectivity index is 2.16. The predicted octanol–water partition coefficient (Wildman–Crippen LogP) is 3.95. The molecule has 0 amide bonds. The summed E-state index contributed by atoms with van der Waals surface area (Å²) in [7, 11) is 1.91. The van der Waals surface area contributed by atoms with E-state index >= 15 is 0 Å². The van der Waals surface area contributed by atoms with E-state index in [1.165, 1.54) is 4.88 Å². The van der Waals surface area contributed by atoms with Crippen molar-refractivity contribution in [2.24, 2.45) is 7.05 Å². The minimum atomic E-state index is 0.0695. The maximum atomic E-state index is 12.2. The van der Waals surface area contributed by atoms with E-state index in [2.05, 4.69) is 18.1 Å². The van der Waals surface area contributed by atoms with Gasteiger partial charge in [-0.25, -0.2) is 0 Å². The van der Waals surface area contributed by atoms with E-state index in [1.54, 1.807) is 17.4 Å². The largest absolute Gasteiger partial charge is 0.288 e. The summed E-state index contributed by atoms with van der Waals surface area (Å²) in [4.78, 5) is 14.2. The predicted molar refractivity (Wildman–Crippen MR) is 84.4 cm³/mol. The van der Waals surface area contributed by atoms with Crippen molar-refractivity contribution in [1.82, 2.24) is 9.78 Å². The fourth-order valence-corrected chi connectivity index (χ4v) is 3.19. The Morgan fingerprint density at radius 3 is 2.75 bits per heavy atom. The van der Waals surface area contributed by atoms with Gasteiger partial charge in [0.05, 0.1) is 10.6 Å². The molecule has 4 heteroatoms. The first-order chi connectivity index (χ1) is 9.52.